The van der Waals surface area contributed by atoms with Crippen molar-refractivity contribution < 1.29 is 14.7 Å². The van der Waals surface area contributed by atoms with Crippen LogP contribution < -0.4 is 10.6 Å². The SMILES string of the molecule is CCN(CC(C)C(=O)O)c1ccc(C(N)=O)cc1Br. The summed E-state index contributed by atoms with van der Waals surface area (Å²) >= 11 is 3.39. The average Bonchev–Trinajstić information content (AvgIpc) is 2.35. The van der Waals surface area contributed by atoms with Crippen molar-refractivity contribution in [2.45, 2.75) is 13.8 Å². The van der Waals surface area contributed by atoms with E-state index in [-0.39, 0.29) is 0 Å². The summed E-state index contributed by atoms with van der Waals surface area (Å²) in [5.74, 6) is -1.79. The molecule has 0 aliphatic carbocycles. The Morgan fingerprint density at radius 2 is 2.11 bits per heavy atom. The molecular formula is C13H17BrN2O3. The molecule has 0 heterocycles. The maximum atomic E-state index is 11.1. The summed E-state index contributed by atoms with van der Waals surface area (Å²) in [5.41, 5.74) is 6.47. The molecule has 1 unspecified atom stereocenters. The number of carboxylic acids is 1. The van der Waals surface area contributed by atoms with Gasteiger partial charge in [0.1, 0.15) is 0 Å². The van der Waals surface area contributed by atoms with E-state index < -0.39 is 17.8 Å². The van der Waals surface area contributed by atoms with Crippen molar-refractivity contribution >= 4 is 33.5 Å². The molecule has 3 N–H and O–H groups in total. The number of hydrogen-bond donors (Lipinski definition) is 2. The lowest BCUT2D eigenvalue weighted by Crippen LogP contribution is -2.32. The minimum atomic E-state index is -0.830. The van der Waals surface area contributed by atoms with E-state index in [9.17, 15) is 9.59 Å². The highest BCUT2D eigenvalue weighted by Crippen LogP contribution is 2.28. The third-order valence-electron chi connectivity index (χ3n) is 2.87. The van der Waals surface area contributed by atoms with E-state index in [1.807, 2.05) is 11.8 Å². The molecule has 0 fully saturated rings. The number of carbonyl (C=O) groups excluding carboxylic acids is 1. The number of hydrogen-bond acceptors (Lipinski definition) is 3. The number of nitrogens with two attached hydrogens (primary N) is 1. The van der Waals surface area contributed by atoms with Gasteiger partial charge in [-0.15, -0.1) is 0 Å². The Morgan fingerprint density at radius 3 is 2.53 bits per heavy atom. The number of carbonyl (C=O) groups is 2. The lowest BCUT2D eigenvalue weighted by atomic mass is 10.1. The predicted molar refractivity (Wildman–Crippen MR) is 77.3 cm³/mol. The van der Waals surface area contributed by atoms with Gasteiger partial charge in [0.05, 0.1) is 11.6 Å². The van der Waals surface area contributed by atoms with Crippen LogP contribution in [0.5, 0.6) is 0 Å². The predicted octanol–water partition coefficient (Wildman–Crippen LogP) is 2.09. The van der Waals surface area contributed by atoms with E-state index in [4.69, 9.17) is 10.8 Å². The van der Waals surface area contributed by atoms with Crippen LogP contribution in [-0.2, 0) is 4.79 Å². The van der Waals surface area contributed by atoms with Gasteiger partial charge in [-0.3, -0.25) is 9.59 Å². The first-order valence-corrected chi connectivity index (χ1v) is 6.73. The molecule has 0 aromatic heterocycles. The van der Waals surface area contributed by atoms with Crippen LogP contribution in [0.3, 0.4) is 0 Å². The van der Waals surface area contributed by atoms with E-state index >= 15 is 0 Å². The van der Waals surface area contributed by atoms with Gasteiger partial charge in [0.25, 0.3) is 0 Å². The van der Waals surface area contributed by atoms with Crippen LogP contribution in [0.15, 0.2) is 22.7 Å². The fourth-order valence-corrected chi connectivity index (χ4v) is 2.35. The molecule has 0 aliphatic rings. The second kappa shape index (κ2) is 6.56. The van der Waals surface area contributed by atoms with Crippen LogP contribution >= 0.6 is 15.9 Å². The number of benzene rings is 1. The van der Waals surface area contributed by atoms with Crippen molar-refractivity contribution in [3.05, 3.63) is 28.2 Å². The largest absolute Gasteiger partial charge is 0.481 e. The number of aliphatic carboxylic acids is 1. The van der Waals surface area contributed by atoms with E-state index in [1.54, 1.807) is 25.1 Å². The molecule has 0 aliphatic heterocycles. The second-order valence-corrected chi connectivity index (χ2v) is 5.16. The van der Waals surface area contributed by atoms with Crippen molar-refractivity contribution in [1.82, 2.24) is 0 Å². The standard InChI is InChI=1S/C13H17BrN2O3/c1-3-16(7-8(2)13(18)19)11-5-4-9(12(15)17)6-10(11)14/h4-6,8H,3,7H2,1-2H3,(H2,15,17)(H,18,19). The number of carboxylic acid groups (broad SMARTS) is 1. The number of rotatable bonds is 6. The molecule has 19 heavy (non-hydrogen) atoms. The van der Waals surface area contributed by atoms with Crippen LogP contribution in [-0.4, -0.2) is 30.1 Å². The molecular weight excluding hydrogens is 312 g/mol. The molecule has 1 aromatic rings. The Bertz CT molecular complexity index is 491. The van der Waals surface area contributed by atoms with Crippen molar-refractivity contribution in [3.63, 3.8) is 0 Å². The number of nitrogens with zero attached hydrogens (tertiary/aromatic N) is 1. The van der Waals surface area contributed by atoms with Crippen molar-refractivity contribution in [2.24, 2.45) is 11.7 Å². The Balaban J connectivity index is 2.99. The summed E-state index contributed by atoms with van der Waals surface area (Å²) in [5, 5.41) is 8.96. The van der Waals surface area contributed by atoms with E-state index in [0.29, 0.717) is 18.7 Å². The molecule has 1 aromatic carbocycles. The first-order valence-electron chi connectivity index (χ1n) is 5.93. The smallest absolute Gasteiger partial charge is 0.308 e. The highest BCUT2D eigenvalue weighted by atomic mass is 79.9. The first-order chi connectivity index (χ1) is 8.86. The molecule has 0 bridgehead atoms. The number of halogens is 1. The highest BCUT2D eigenvalue weighted by molar-refractivity contribution is 9.10. The Hall–Kier alpha value is -1.56. The lowest BCUT2D eigenvalue weighted by molar-refractivity contribution is -0.140. The van der Waals surface area contributed by atoms with E-state index in [0.717, 1.165) is 10.2 Å². The van der Waals surface area contributed by atoms with Gasteiger partial charge >= 0.3 is 5.97 Å². The Labute approximate surface area is 120 Å². The van der Waals surface area contributed by atoms with Crippen molar-refractivity contribution in [2.75, 3.05) is 18.0 Å². The third kappa shape index (κ3) is 3.96. The lowest BCUT2D eigenvalue weighted by Gasteiger charge is -2.26. The summed E-state index contributed by atoms with van der Waals surface area (Å²) in [6.45, 7) is 4.69. The molecule has 0 saturated carbocycles. The van der Waals surface area contributed by atoms with Gasteiger partial charge in [-0.2, -0.15) is 0 Å². The summed E-state index contributed by atoms with van der Waals surface area (Å²) in [4.78, 5) is 23.9. The number of primary amides is 1. The first kappa shape index (κ1) is 15.5. The van der Waals surface area contributed by atoms with Crippen molar-refractivity contribution in [1.29, 1.82) is 0 Å². The number of anilines is 1. The fraction of sp³-hybridized carbons (Fsp3) is 0.385. The molecule has 1 rings (SSSR count). The van der Waals surface area contributed by atoms with Crippen LogP contribution in [0, 0.1) is 5.92 Å². The molecule has 104 valence electrons. The van der Waals surface area contributed by atoms with Gasteiger partial charge in [0.15, 0.2) is 0 Å². The topological polar surface area (TPSA) is 83.6 Å². The minimum absolute atomic E-state index is 0.403. The van der Waals surface area contributed by atoms with Gasteiger partial charge in [0, 0.05) is 23.1 Å². The van der Waals surface area contributed by atoms with Crippen LogP contribution in [0.2, 0.25) is 0 Å². The van der Waals surface area contributed by atoms with Gasteiger partial charge in [-0.05, 0) is 41.1 Å². The fourth-order valence-electron chi connectivity index (χ4n) is 1.72. The maximum Gasteiger partial charge on any atom is 0.308 e. The number of amides is 1. The quantitative estimate of drug-likeness (QED) is 0.837. The molecule has 0 spiro atoms. The van der Waals surface area contributed by atoms with Gasteiger partial charge in [-0.25, -0.2) is 0 Å². The van der Waals surface area contributed by atoms with Crippen molar-refractivity contribution in [3.8, 4) is 0 Å². The Morgan fingerprint density at radius 1 is 1.47 bits per heavy atom. The second-order valence-electron chi connectivity index (χ2n) is 4.31. The average molecular weight is 329 g/mol. The molecule has 1 amide bonds. The summed E-state index contributed by atoms with van der Waals surface area (Å²) < 4.78 is 0.725. The minimum Gasteiger partial charge on any atom is -0.481 e. The summed E-state index contributed by atoms with van der Waals surface area (Å²) in [7, 11) is 0. The zero-order chi connectivity index (χ0) is 14.6. The normalized spacial score (nSPS) is 11.9. The van der Waals surface area contributed by atoms with Gasteiger partial charge < -0.3 is 15.7 Å². The van der Waals surface area contributed by atoms with E-state index in [1.165, 1.54) is 0 Å². The van der Waals surface area contributed by atoms with Gasteiger partial charge in [-0.1, -0.05) is 6.92 Å². The maximum absolute atomic E-state index is 11.1. The third-order valence-corrected chi connectivity index (χ3v) is 3.51. The van der Waals surface area contributed by atoms with Crippen LogP contribution in [0.25, 0.3) is 0 Å². The highest BCUT2D eigenvalue weighted by Gasteiger charge is 2.17. The molecule has 5 nitrogen and oxygen atoms in total. The van der Waals surface area contributed by atoms with E-state index in [2.05, 4.69) is 15.9 Å². The zero-order valence-corrected chi connectivity index (χ0v) is 12.5. The zero-order valence-electron chi connectivity index (χ0n) is 10.9. The van der Waals surface area contributed by atoms with Crippen LogP contribution in [0.4, 0.5) is 5.69 Å². The van der Waals surface area contributed by atoms with Gasteiger partial charge in [0.2, 0.25) is 5.91 Å². The van der Waals surface area contributed by atoms with Crippen LogP contribution in [0.1, 0.15) is 24.2 Å². The molecule has 1 atom stereocenters. The molecule has 0 radical (unpaired) electrons. The monoisotopic (exact) mass is 328 g/mol. The molecule has 6 heteroatoms. The Kier molecular flexibility index (Phi) is 5.35. The summed E-state index contributed by atoms with van der Waals surface area (Å²) in [6.07, 6.45) is 0. The molecule has 0 saturated heterocycles. The summed E-state index contributed by atoms with van der Waals surface area (Å²) in [6, 6.07) is 5.05.